The van der Waals surface area contributed by atoms with Gasteiger partial charge in [0.15, 0.2) is 0 Å². The number of amides is 4. The van der Waals surface area contributed by atoms with Crippen molar-refractivity contribution in [2.45, 2.75) is 52.2 Å². The van der Waals surface area contributed by atoms with Crippen LogP contribution in [-0.4, -0.2) is 34.6 Å². The van der Waals surface area contributed by atoms with Crippen LogP contribution in [0.3, 0.4) is 0 Å². The fraction of sp³-hybridized carbons (Fsp3) is 0.333. The van der Waals surface area contributed by atoms with Crippen LogP contribution < -0.4 is 10.6 Å². The first-order valence-electron chi connectivity index (χ1n) is 10.5. The van der Waals surface area contributed by atoms with Crippen LogP contribution in [0.25, 0.3) is 0 Å². The lowest BCUT2D eigenvalue weighted by Crippen LogP contribution is -2.52. The van der Waals surface area contributed by atoms with Gasteiger partial charge in [-0.2, -0.15) is 0 Å². The number of nitrogens with zero attached hydrogens (tertiary/aromatic N) is 1. The summed E-state index contributed by atoms with van der Waals surface area (Å²) in [6.45, 7) is 4.76. The maximum atomic E-state index is 12.8. The molecular weight excluding hydrogens is 394 g/mol. The number of piperidine rings is 1. The second kappa shape index (κ2) is 8.34. The van der Waals surface area contributed by atoms with Crippen molar-refractivity contribution in [2.75, 3.05) is 0 Å². The normalized spacial score (nSPS) is 18.1. The Kier molecular flexibility index (Phi) is 5.59. The molecule has 2 aliphatic rings. The first-order valence-corrected chi connectivity index (χ1v) is 10.5. The average molecular weight is 419 g/mol. The number of benzene rings is 2. The summed E-state index contributed by atoms with van der Waals surface area (Å²) in [7, 11) is 0. The molecule has 0 bridgehead atoms. The van der Waals surface area contributed by atoms with Crippen molar-refractivity contribution in [2.24, 2.45) is 0 Å². The van der Waals surface area contributed by atoms with Gasteiger partial charge in [0, 0.05) is 30.6 Å². The number of carbonyl (C=O) groups excluding carboxylic acids is 4. The van der Waals surface area contributed by atoms with Crippen molar-refractivity contribution in [1.82, 2.24) is 15.5 Å². The highest BCUT2D eigenvalue weighted by Gasteiger charge is 2.39. The largest absolute Gasteiger partial charge is 0.348 e. The van der Waals surface area contributed by atoms with Gasteiger partial charge in [0.05, 0.1) is 0 Å². The molecule has 1 fully saturated rings. The van der Waals surface area contributed by atoms with Crippen molar-refractivity contribution in [3.8, 4) is 0 Å². The molecule has 1 saturated heterocycles. The van der Waals surface area contributed by atoms with Gasteiger partial charge >= 0.3 is 0 Å². The second-order valence-corrected chi connectivity index (χ2v) is 8.07. The van der Waals surface area contributed by atoms with Gasteiger partial charge in [-0.05, 0) is 60.2 Å². The standard InChI is InChI=1S/C24H25N3O4/c1-3-16-11-17(6-4-14(16)2)22(29)25-12-15-5-7-19-18(10-15)13-27(24(19)31)20-8-9-21(28)26-23(20)30/h4-7,10-11,20H,3,8-9,12-13H2,1-2H3,(H,25,29)(H,26,28,30). The molecule has 4 amide bonds. The Hall–Kier alpha value is -3.48. The lowest BCUT2D eigenvalue weighted by Gasteiger charge is -2.29. The SMILES string of the molecule is CCc1cc(C(=O)NCc2ccc3c(c2)CN(C2CCC(=O)NC2=O)C3=O)ccc1C. The third-order valence-corrected chi connectivity index (χ3v) is 6.03. The van der Waals surface area contributed by atoms with E-state index < -0.39 is 11.9 Å². The average Bonchev–Trinajstić information content (AvgIpc) is 3.08. The Bertz CT molecular complexity index is 1090. The Morgan fingerprint density at radius 1 is 1.16 bits per heavy atom. The lowest BCUT2D eigenvalue weighted by atomic mass is 10.0. The lowest BCUT2D eigenvalue weighted by molar-refractivity contribution is -0.136. The van der Waals surface area contributed by atoms with Crippen LogP contribution in [0.4, 0.5) is 0 Å². The molecule has 31 heavy (non-hydrogen) atoms. The zero-order chi connectivity index (χ0) is 22.1. The number of carbonyl (C=O) groups is 4. The fourth-order valence-corrected chi connectivity index (χ4v) is 4.22. The topological polar surface area (TPSA) is 95.6 Å². The van der Waals surface area contributed by atoms with Gasteiger partial charge < -0.3 is 10.2 Å². The summed E-state index contributed by atoms with van der Waals surface area (Å²) in [6.07, 6.45) is 1.44. The highest BCUT2D eigenvalue weighted by Crippen LogP contribution is 2.28. The molecule has 0 aliphatic carbocycles. The van der Waals surface area contributed by atoms with Crippen LogP contribution in [0.5, 0.6) is 0 Å². The molecule has 0 saturated carbocycles. The van der Waals surface area contributed by atoms with Crippen LogP contribution in [-0.2, 0) is 29.1 Å². The molecule has 2 N–H and O–H groups in total. The van der Waals surface area contributed by atoms with E-state index in [1.165, 1.54) is 10.5 Å². The minimum absolute atomic E-state index is 0.142. The molecule has 0 aromatic heterocycles. The smallest absolute Gasteiger partial charge is 0.255 e. The molecule has 2 aromatic carbocycles. The van der Waals surface area contributed by atoms with Crippen LogP contribution >= 0.6 is 0 Å². The van der Waals surface area contributed by atoms with E-state index >= 15 is 0 Å². The third kappa shape index (κ3) is 4.08. The van der Waals surface area contributed by atoms with Gasteiger partial charge in [0.1, 0.15) is 6.04 Å². The number of aryl methyl sites for hydroxylation is 2. The molecule has 1 unspecified atom stereocenters. The fourth-order valence-electron chi connectivity index (χ4n) is 4.22. The summed E-state index contributed by atoms with van der Waals surface area (Å²) in [6, 6.07) is 10.5. The van der Waals surface area contributed by atoms with Crippen LogP contribution in [0.1, 0.15) is 62.7 Å². The maximum Gasteiger partial charge on any atom is 0.255 e. The minimum Gasteiger partial charge on any atom is -0.348 e. The summed E-state index contributed by atoms with van der Waals surface area (Å²) < 4.78 is 0. The molecule has 0 radical (unpaired) electrons. The molecule has 0 spiro atoms. The van der Waals surface area contributed by atoms with E-state index in [9.17, 15) is 19.2 Å². The summed E-state index contributed by atoms with van der Waals surface area (Å²) in [5, 5.41) is 5.24. The van der Waals surface area contributed by atoms with Crippen molar-refractivity contribution in [3.63, 3.8) is 0 Å². The molecule has 7 heteroatoms. The van der Waals surface area contributed by atoms with Crippen LogP contribution in [0.15, 0.2) is 36.4 Å². The van der Waals surface area contributed by atoms with E-state index in [1.807, 2.05) is 37.3 Å². The quantitative estimate of drug-likeness (QED) is 0.727. The zero-order valence-electron chi connectivity index (χ0n) is 17.7. The van der Waals surface area contributed by atoms with Crippen molar-refractivity contribution < 1.29 is 19.2 Å². The van der Waals surface area contributed by atoms with Gasteiger partial charge in [-0.15, -0.1) is 0 Å². The van der Waals surface area contributed by atoms with Crippen molar-refractivity contribution in [3.05, 3.63) is 69.8 Å². The molecule has 160 valence electrons. The molecule has 1 atom stereocenters. The van der Waals surface area contributed by atoms with E-state index in [0.29, 0.717) is 30.6 Å². The molecular formula is C24H25N3O4. The van der Waals surface area contributed by atoms with E-state index in [2.05, 4.69) is 17.6 Å². The van der Waals surface area contributed by atoms with Gasteiger partial charge in [0.25, 0.3) is 11.8 Å². The molecule has 7 nitrogen and oxygen atoms in total. The van der Waals surface area contributed by atoms with Gasteiger partial charge in [-0.1, -0.05) is 25.1 Å². The first-order chi connectivity index (χ1) is 14.9. The van der Waals surface area contributed by atoms with Crippen LogP contribution in [0.2, 0.25) is 0 Å². The number of rotatable bonds is 5. The minimum atomic E-state index is -0.630. The van der Waals surface area contributed by atoms with Crippen molar-refractivity contribution in [1.29, 1.82) is 0 Å². The second-order valence-electron chi connectivity index (χ2n) is 8.07. The Labute approximate surface area is 180 Å². The molecule has 4 rings (SSSR count). The number of fused-ring (bicyclic) bond motifs is 1. The van der Waals surface area contributed by atoms with Gasteiger partial charge in [-0.3, -0.25) is 24.5 Å². The predicted molar refractivity (Wildman–Crippen MR) is 114 cm³/mol. The first kappa shape index (κ1) is 20.8. The van der Waals surface area contributed by atoms with Gasteiger partial charge in [0.2, 0.25) is 11.8 Å². The maximum absolute atomic E-state index is 12.8. The third-order valence-electron chi connectivity index (χ3n) is 6.03. The monoisotopic (exact) mass is 419 g/mol. The molecule has 2 aliphatic heterocycles. The van der Waals surface area contributed by atoms with E-state index in [0.717, 1.165) is 23.1 Å². The number of hydrogen-bond donors (Lipinski definition) is 2. The summed E-state index contributed by atoms with van der Waals surface area (Å²) >= 11 is 0. The van der Waals surface area contributed by atoms with E-state index in [1.54, 1.807) is 6.07 Å². The Morgan fingerprint density at radius 3 is 2.71 bits per heavy atom. The van der Waals surface area contributed by atoms with E-state index in [-0.39, 0.29) is 24.1 Å². The summed E-state index contributed by atoms with van der Waals surface area (Å²) in [5.74, 6) is -1.07. The number of imide groups is 1. The van der Waals surface area contributed by atoms with E-state index in [4.69, 9.17) is 0 Å². The number of nitrogens with one attached hydrogen (secondary N) is 2. The summed E-state index contributed by atoms with van der Waals surface area (Å²) in [5.41, 5.74) is 5.21. The highest BCUT2D eigenvalue weighted by molar-refractivity contribution is 6.05. The molecule has 2 aromatic rings. The van der Waals surface area contributed by atoms with Gasteiger partial charge in [-0.25, -0.2) is 0 Å². The zero-order valence-corrected chi connectivity index (χ0v) is 17.7. The molecule has 2 heterocycles. The Balaban J connectivity index is 1.43. The van der Waals surface area contributed by atoms with Crippen molar-refractivity contribution >= 4 is 23.6 Å². The summed E-state index contributed by atoms with van der Waals surface area (Å²) in [4.78, 5) is 50.4. The van der Waals surface area contributed by atoms with Crippen LogP contribution in [0, 0.1) is 6.92 Å². The predicted octanol–water partition coefficient (Wildman–Crippen LogP) is 2.25. The Morgan fingerprint density at radius 2 is 1.97 bits per heavy atom. The number of hydrogen-bond acceptors (Lipinski definition) is 4. The highest BCUT2D eigenvalue weighted by atomic mass is 16.2.